The molecule has 0 aliphatic carbocycles. The van der Waals surface area contributed by atoms with E-state index in [1.807, 2.05) is 0 Å². The molecule has 98 valence electrons. The summed E-state index contributed by atoms with van der Waals surface area (Å²) in [4.78, 5) is 22.5. The molecule has 1 rings (SSSR count). The predicted molar refractivity (Wildman–Crippen MR) is 66.8 cm³/mol. The summed E-state index contributed by atoms with van der Waals surface area (Å²) in [5.74, 6) is -2.03. The van der Waals surface area contributed by atoms with E-state index in [0.29, 0.717) is 12.2 Å². The molecule has 0 aliphatic heterocycles. The van der Waals surface area contributed by atoms with Crippen molar-refractivity contribution < 1.29 is 19.8 Å². The predicted octanol–water partition coefficient (Wildman–Crippen LogP) is 0.884. The van der Waals surface area contributed by atoms with E-state index in [4.69, 9.17) is 5.11 Å². The summed E-state index contributed by atoms with van der Waals surface area (Å²) in [5, 5.41) is 23.6. The zero-order chi connectivity index (χ0) is 13.7. The second-order valence-electron chi connectivity index (χ2n) is 3.99. The molecule has 1 amide bonds. The van der Waals surface area contributed by atoms with Gasteiger partial charge in [-0.25, -0.2) is 4.79 Å². The summed E-state index contributed by atoms with van der Waals surface area (Å²) in [5.41, 5.74) is 0.104. The maximum atomic E-state index is 11.7. The van der Waals surface area contributed by atoms with Crippen molar-refractivity contribution >= 4 is 17.6 Å². The van der Waals surface area contributed by atoms with Crippen LogP contribution in [-0.4, -0.2) is 35.7 Å². The average Bonchev–Trinajstić information content (AvgIpc) is 2.31. The molecule has 0 fully saturated rings. The number of benzene rings is 1. The van der Waals surface area contributed by atoms with E-state index in [2.05, 4.69) is 10.6 Å². The van der Waals surface area contributed by atoms with Gasteiger partial charge >= 0.3 is 5.97 Å². The third-order valence-electron chi connectivity index (χ3n) is 2.45. The molecule has 0 heterocycles. The molecule has 1 unspecified atom stereocenters. The summed E-state index contributed by atoms with van der Waals surface area (Å²) >= 11 is 0. The molecule has 0 aromatic heterocycles. The molecule has 1 aromatic rings. The minimum atomic E-state index is -1.24. The van der Waals surface area contributed by atoms with Gasteiger partial charge in [-0.15, -0.1) is 0 Å². The Morgan fingerprint density at radius 2 is 2.06 bits per heavy atom. The van der Waals surface area contributed by atoms with Crippen molar-refractivity contribution in [3.8, 4) is 5.75 Å². The van der Waals surface area contributed by atoms with E-state index in [-0.39, 0.29) is 23.1 Å². The zero-order valence-corrected chi connectivity index (χ0v) is 10.2. The van der Waals surface area contributed by atoms with Crippen molar-refractivity contribution in [3.63, 3.8) is 0 Å². The average molecular weight is 252 g/mol. The first-order chi connectivity index (χ1) is 8.45. The van der Waals surface area contributed by atoms with Crippen LogP contribution in [0.5, 0.6) is 5.75 Å². The van der Waals surface area contributed by atoms with Crippen molar-refractivity contribution in [2.24, 2.45) is 5.92 Å². The summed E-state index contributed by atoms with van der Waals surface area (Å²) in [6, 6.07) is 3.91. The normalized spacial score (nSPS) is 11.9. The molecule has 0 radical (unpaired) electrons. The molecule has 0 spiro atoms. The minimum absolute atomic E-state index is 0.216. The minimum Gasteiger partial charge on any atom is -0.507 e. The highest BCUT2D eigenvalue weighted by Crippen LogP contribution is 2.21. The summed E-state index contributed by atoms with van der Waals surface area (Å²) in [6.07, 6.45) is 0. The number of carboxylic acid groups (broad SMARTS) is 1. The summed E-state index contributed by atoms with van der Waals surface area (Å²) in [6.45, 7) is 2.28. The standard InChI is InChI=1S/C12H16N2O4/c1-7(6-13-2)11(16)14-8-3-4-10(15)9(5-8)12(17)18/h3-5,7,13,15H,6H2,1-2H3,(H,14,16)(H,17,18). The molecular weight excluding hydrogens is 236 g/mol. The van der Waals surface area contributed by atoms with Gasteiger partial charge in [0.2, 0.25) is 5.91 Å². The first-order valence-electron chi connectivity index (χ1n) is 5.47. The zero-order valence-electron chi connectivity index (χ0n) is 10.2. The quantitative estimate of drug-likeness (QED) is 0.583. The highest BCUT2D eigenvalue weighted by Gasteiger charge is 2.14. The lowest BCUT2D eigenvalue weighted by molar-refractivity contribution is -0.119. The molecule has 0 aliphatic rings. The van der Waals surface area contributed by atoms with Crippen molar-refractivity contribution in [2.45, 2.75) is 6.92 Å². The fourth-order valence-corrected chi connectivity index (χ4v) is 1.45. The van der Waals surface area contributed by atoms with Gasteiger partial charge in [-0.2, -0.15) is 0 Å². The molecule has 1 aromatic carbocycles. The van der Waals surface area contributed by atoms with Gasteiger partial charge in [0, 0.05) is 18.2 Å². The van der Waals surface area contributed by atoms with Crippen LogP contribution in [0.1, 0.15) is 17.3 Å². The number of nitrogens with one attached hydrogen (secondary N) is 2. The first-order valence-corrected chi connectivity index (χ1v) is 5.47. The van der Waals surface area contributed by atoms with E-state index in [9.17, 15) is 14.7 Å². The summed E-state index contributed by atoms with van der Waals surface area (Å²) in [7, 11) is 1.74. The Balaban J connectivity index is 2.82. The summed E-state index contributed by atoms with van der Waals surface area (Å²) < 4.78 is 0. The first kappa shape index (κ1) is 14.0. The lowest BCUT2D eigenvalue weighted by Crippen LogP contribution is -2.28. The van der Waals surface area contributed by atoms with Crippen molar-refractivity contribution in [1.82, 2.24) is 5.32 Å². The number of hydrogen-bond acceptors (Lipinski definition) is 4. The number of carbonyl (C=O) groups excluding carboxylic acids is 1. The Bertz CT molecular complexity index is 459. The van der Waals surface area contributed by atoms with E-state index < -0.39 is 5.97 Å². The smallest absolute Gasteiger partial charge is 0.339 e. The van der Waals surface area contributed by atoms with Gasteiger partial charge in [0.05, 0.1) is 0 Å². The van der Waals surface area contributed by atoms with Crippen LogP contribution < -0.4 is 10.6 Å². The third kappa shape index (κ3) is 3.46. The van der Waals surface area contributed by atoms with E-state index >= 15 is 0 Å². The number of amides is 1. The van der Waals surface area contributed by atoms with Gasteiger partial charge in [0.25, 0.3) is 0 Å². The SMILES string of the molecule is CNCC(C)C(=O)Nc1ccc(O)c(C(=O)O)c1. The Morgan fingerprint density at radius 1 is 1.39 bits per heavy atom. The molecule has 1 atom stereocenters. The molecule has 4 N–H and O–H groups in total. The molecule has 0 saturated heterocycles. The van der Waals surface area contributed by atoms with Crippen LogP contribution in [-0.2, 0) is 4.79 Å². The maximum absolute atomic E-state index is 11.7. The van der Waals surface area contributed by atoms with E-state index in [1.54, 1.807) is 14.0 Å². The van der Waals surface area contributed by atoms with Crippen molar-refractivity contribution in [3.05, 3.63) is 23.8 Å². The fourth-order valence-electron chi connectivity index (χ4n) is 1.45. The second kappa shape index (κ2) is 6.02. The Hall–Kier alpha value is -2.08. The Labute approximate surface area is 105 Å². The molecule has 6 heteroatoms. The Morgan fingerprint density at radius 3 is 2.61 bits per heavy atom. The number of hydrogen-bond donors (Lipinski definition) is 4. The van der Waals surface area contributed by atoms with Crippen LogP contribution in [0.4, 0.5) is 5.69 Å². The molecule has 0 bridgehead atoms. The number of carbonyl (C=O) groups is 2. The van der Waals surface area contributed by atoms with Crippen molar-refractivity contribution in [2.75, 3.05) is 18.9 Å². The number of carboxylic acids is 1. The van der Waals surface area contributed by atoms with E-state index in [1.165, 1.54) is 18.2 Å². The van der Waals surface area contributed by atoms with Gasteiger partial charge in [-0.3, -0.25) is 4.79 Å². The second-order valence-corrected chi connectivity index (χ2v) is 3.99. The lowest BCUT2D eigenvalue weighted by Gasteiger charge is -2.12. The van der Waals surface area contributed by atoms with Gasteiger partial charge in [-0.1, -0.05) is 6.92 Å². The Kier molecular flexibility index (Phi) is 4.67. The molecule has 0 saturated carbocycles. The van der Waals surface area contributed by atoms with Crippen molar-refractivity contribution in [1.29, 1.82) is 0 Å². The highest BCUT2D eigenvalue weighted by atomic mass is 16.4. The largest absolute Gasteiger partial charge is 0.507 e. The van der Waals surface area contributed by atoms with Gasteiger partial charge in [0.15, 0.2) is 0 Å². The topological polar surface area (TPSA) is 98.7 Å². The highest BCUT2D eigenvalue weighted by molar-refractivity contribution is 5.96. The number of anilines is 1. The van der Waals surface area contributed by atoms with Gasteiger partial charge < -0.3 is 20.8 Å². The fraction of sp³-hybridized carbons (Fsp3) is 0.333. The molecular formula is C12H16N2O4. The van der Waals surface area contributed by atoms with Crippen LogP contribution in [0.15, 0.2) is 18.2 Å². The van der Waals surface area contributed by atoms with Gasteiger partial charge in [-0.05, 0) is 25.2 Å². The van der Waals surface area contributed by atoms with Crippen LogP contribution in [0.3, 0.4) is 0 Å². The monoisotopic (exact) mass is 252 g/mol. The molecule has 18 heavy (non-hydrogen) atoms. The number of aromatic carboxylic acids is 1. The lowest BCUT2D eigenvalue weighted by atomic mass is 10.1. The maximum Gasteiger partial charge on any atom is 0.339 e. The van der Waals surface area contributed by atoms with Crippen LogP contribution in [0.25, 0.3) is 0 Å². The van der Waals surface area contributed by atoms with E-state index in [0.717, 1.165) is 0 Å². The van der Waals surface area contributed by atoms with Crippen LogP contribution in [0, 0.1) is 5.92 Å². The van der Waals surface area contributed by atoms with Gasteiger partial charge in [0.1, 0.15) is 11.3 Å². The third-order valence-corrected chi connectivity index (χ3v) is 2.45. The number of rotatable bonds is 5. The number of phenols is 1. The van der Waals surface area contributed by atoms with Crippen LogP contribution in [0.2, 0.25) is 0 Å². The molecule has 6 nitrogen and oxygen atoms in total. The van der Waals surface area contributed by atoms with Crippen LogP contribution >= 0.6 is 0 Å². The number of aromatic hydroxyl groups is 1.